The van der Waals surface area contributed by atoms with Gasteiger partial charge in [-0.25, -0.2) is 0 Å². The first kappa shape index (κ1) is 14.9. The highest BCUT2D eigenvalue weighted by Gasteiger charge is 2.05. The van der Waals surface area contributed by atoms with Crippen LogP contribution in [0.1, 0.15) is 18.1 Å². The fourth-order valence-electron chi connectivity index (χ4n) is 2.01. The second-order valence-electron chi connectivity index (χ2n) is 4.90. The van der Waals surface area contributed by atoms with Crippen LogP contribution in [0.25, 0.3) is 0 Å². The average molecular weight is 290 g/mol. The zero-order chi connectivity index (χ0) is 14.4. The highest BCUT2D eigenvalue weighted by Crippen LogP contribution is 2.16. The number of hydrogen-bond donors (Lipinski definition) is 1. The molecule has 0 spiro atoms. The van der Waals surface area contributed by atoms with Crippen LogP contribution < -0.4 is 10.5 Å². The fourth-order valence-corrected chi connectivity index (χ4v) is 2.13. The summed E-state index contributed by atoms with van der Waals surface area (Å²) in [7, 11) is 0. The minimum absolute atomic E-state index is 0.0156. The maximum atomic E-state index is 6.10. The van der Waals surface area contributed by atoms with Crippen molar-refractivity contribution in [2.45, 2.75) is 25.8 Å². The van der Waals surface area contributed by atoms with E-state index < -0.39 is 0 Å². The second-order valence-corrected chi connectivity index (χ2v) is 5.34. The molecule has 106 valence electrons. The van der Waals surface area contributed by atoms with Gasteiger partial charge in [0.15, 0.2) is 0 Å². The van der Waals surface area contributed by atoms with Crippen molar-refractivity contribution in [1.29, 1.82) is 0 Å². The van der Waals surface area contributed by atoms with E-state index in [0.717, 1.165) is 18.6 Å². The van der Waals surface area contributed by atoms with E-state index in [1.54, 1.807) is 0 Å². The summed E-state index contributed by atoms with van der Waals surface area (Å²) in [6.07, 6.45) is 1.88. The van der Waals surface area contributed by atoms with E-state index in [2.05, 4.69) is 31.2 Å². The summed E-state index contributed by atoms with van der Waals surface area (Å²) in [5, 5.41) is 0.706. The van der Waals surface area contributed by atoms with E-state index in [0.29, 0.717) is 11.6 Å². The van der Waals surface area contributed by atoms with Gasteiger partial charge in [0.1, 0.15) is 12.4 Å². The average Bonchev–Trinajstić information content (AvgIpc) is 2.47. The lowest BCUT2D eigenvalue weighted by Gasteiger charge is -2.13. The Bertz CT molecular complexity index is 522. The summed E-state index contributed by atoms with van der Waals surface area (Å²) in [6, 6.07) is 15.9. The molecule has 0 aromatic heterocycles. The van der Waals surface area contributed by atoms with Gasteiger partial charge >= 0.3 is 0 Å². The van der Waals surface area contributed by atoms with Crippen molar-refractivity contribution < 1.29 is 4.74 Å². The standard InChI is InChI=1S/C17H20ClNO/c1-2-13-3-5-14(6-4-13)11-16(19)12-20-17-9-7-15(18)8-10-17/h3-10,16H,2,11-12,19H2,1H3. The van der Waals surface area contributed by atoms with Gasteiger partial charge in [-0.3, -0.25) is 0 Å². The van der Waals surface area contributed by atoms with Crippen LogP contribution >= 0.6 is 11.6 Å². The molecule has 3 heteroatoms. The van der Waals surface area contributed by atoms with E-state index in [-0.39, 0.29) is 6.04 Å². The van der Waals surface area contributed by atoms with Crippen LogP contribution in [-0.2, 0) is 12.8 Å². The molecule has 0 saturated carbocycles. The number of ether oxygens (including phenoxy) is 1. The van der Waals surface area contributed by atoms with Crippen LogP contribution in [0, 0.1) is 0 Å². The van der Waals surface area contributed by atoms with E-state index in [9.17, 15) is 0 Å². The first-order valence-electron chi connectivity index (χ1n) is 6.89. The smallest absolute Gasteiger partial charge is 0.119 e. The van der Waals surface area contributed by atoms with Crippen LogP contribution in [-0.4, -0.2) is 12.6 Å². The fraction of sp³-hybridized carbons (Fsp3) is 0.294. The molecule has 0 aliphatic carbocycles. The summed E-state index contributed by atoms with van der Waals surface area (Å²) in [5.74, 6) is 0.797. The molecule has 0 saturated heterocycles. The normalized spacial score (nSPS) is 12.2. The lowest BCUT2D eigenvalue weighted by atomic mass is 10.0. The molecule has 0 amide bonds. The van der Waals surface area contributed by atoms with Crippen molar-refractivity contribution in [1.82, 2.24) is 0 Å². The molecular formula is C17H20ClNO. The zero-order valence-corrected chi connectivity index (χ0v) is 12.4. The van der Waals surface area contributed by atoms with Gasteiger partial charge in [0.25, 0.3) is 0 Å². The number of aryl methyl sites for hydroxylation is 1. The van der Waals surface area contributed by atoms with Crippen molar-refractivity contribution in [3.63, 3.8) is 0 Å². The monoisotopic (exact) mass is 289 g/mol. The molecule has 2 aromatic carbocycles. The molecule has 2 N–H and O–H groups in total. The second kappa shape index (κ2) is 7.32. The van der Waals surface area contributed by atoms with Crippen LogP contribution in [0.2, 0.25) is 5.02 Å². The van der Waals surface area contributed by atoms with E-state index in [4.69, 9.17) is 22.1 Å². The van der Waals surface area contributed by atoms with Gasteiger partial charge in [0.05, 0.1) is 0 Å². The van der Waals surface area contributed by atoms with Crippen molar-refractivity contribution >= 4 is 11.6 Å². The molecule has 1 atom stereocenters. The molecule has 2 aromatic rings. The molecule has 0 aliphatic heterocycles. The highest BCUT2D eigenvalue weighted by molar-refractivity contribution is 6.30. The van der Waals surface area contributed by atoms with Gasteiger partial charge in [-0.2, -0.15) is 0 Å². The van der Waals surface area contributed by atoms with Crippen LogP contribution in [0.3, 0.4) is 0 Å². The van der Waals surface area contributed by atoms with Gasteiger partial charge in [-0.1, -0.05) is 42.8 Å². The summed E-state index contributed by atoms with van der Waals surface area (Å²) in [6.45, 7) is 2.65. The van der Waals surface area contributed by atoms with Crippen molar-refractivity contribution in [2.24, 2.45) is 5.73 Å². The summed E-state index contributed by atoms with van der Waals surface area (Å²) in [5.41, 5.74) is 8.69. The van der Waals surface area contributed by atoms with Gasteiger partial charge in [0, 0.05) is 11.1 Å². The largest absolute Gasteiger partial charge is 0.492 e. The molecule has 20 heavy (non-hydrogen) atoms. The SMILES string of the molecule is CCc1ccc(CC(N)COc2ccc(Cl)cc2)cc1. The lowest BCUT2D eigenvalue weighted by Crippen LogP contribution is -2.30. The zero-order valence-electron chi connectivity index (χ0n) is 11.7. The first-order valence-corrected chi connectivity index (χ1v) is 7.27. The number of halogens is 1. The quantitative estimate of drug-likeness (QED) is 0.876. The molecule has 2 nitrogen and oxygen atoms in total. The van der Waals surface area contributed by atoms with Crippen molar-refractivity contribution in [3.05, 3.63) is 64.7 Å². The van der Waals surface area contributed by atoms with Crippen molar-refractivity contribution in [2.75, 3.05) is 6.61 Å². The summed E-state index contributed by atoms with van der Waals surface area (Å²) in [4.78, 5) is 0. The van der Waals surface area contributed by atoms with Gasteiger partial charge < -0.3 is 10.5 Å². The Labute approximate surface area is 125 Å². The molecule has 0 bridgehead atoms. The third-order valence-electron chi connectivity index (χ3n) is 3.21. The van der Waals surface area contributed by atoms with E-state index >= 15 is 0 Å². The number of nitrogens with two attached hydrogens (primary N) is 1. The van der Waals surface area contributed by atoms with E-state index in [1.165, 1.54) is 11.1 Å². The molecule has 0 radical (unpaired) electrons. The number of hydrogen-bond acceptors (Lipinski definition) is 2. The Balaban J connectivity index is 1.82. The van der Waals surface area contributed by atoms with E-state index in [1.807, 2.05) is 24.3 Å². The van der Waals surface area contributed by atoms with Crippen LogP contribution in [0.5, 0.6) is 5.75 Å². The third-order valence-corrected chi connectivity index (χ3v) is 3.46. The number of benzene rings is 2. The Morgan fingerprint density at radius 2 is 1.60 bits per heavy atom. The first-order chi connectivity index (χ1) is 9.67. The van der Waals surface area contributed by atoms with Gasteiger partial charge in [-0.15, -0.1) is 0 Å². The molecular weight excluding hydrogens is 270 g/mol. The number of rotatable bonds is 6. The molecule has 0 aliphatic rings. The summed E-state index contributed by atoms with van der Waals surface area (Å²) < 4.78 is 5.66. The molecule has 0 heterocycles. The minimum atomic E-state index is -0.0156. The molecule has 2 rings (SSSR count). The predicted molar refractivity (Wildman–Crippen MR) is 84.4 cm³/mol. The third kappa shape index (κ3) is 4.55. The highest BCUT2D eigenvalue weighted by atomic mass is 35.5. The van der Waals surface area contributed by atoms with Crippen LogP contribution in [0.15, 0.2) is 48.5 Å². The van der Waals surface area contributed by atoms with Crippen LogP contribution in [0.4, 0.5) is 0 Å². The minimum Gasteiger partial charge on any atom is -0.492 e. The Kier molecular flexibility index (Phi) is 5.45. The maximum absolute atomic E-state index is 6.10. The maximum Gasteiger partial charge on any atom is 0.119 e. The van der Waals surface area contributed by atoms with Gasteiger partial charge in [-0.05, 0) is 48.2 Å². The predicted octanol–water partition coefficient (Wildman–Crippen LogP) is 3.85. The van der Waals surface area contributed by atoms with Gasteiger partial charge in [0.2, 0.25) is 0 Å². The Hall–Kier alpha value is -1.51. The Morgan fingerprint density at radius 3 is 2.20 bits per heavy atom. The van der Waals surface area contributed by atoms with Crippen molar-refractivity contribution in [3.8, 4) is 5.75 Å². The lowest BCUT2D eigenvalue weighted by molar-refractivity contribution is 0.287. The summed E-state index contributed by atoms with van der Waals surface area (Å²) >= 11 is 5.83. The topological polar surface area (TPSA) is 35.2 Å². The Morgan fingerprint density at radius 1 is 1.00 bits per heavy atom. The molecule has 0 fully saturated rings. The molecule has 1 unspecified atom stereocenters.